The number of nitrogen functional groups attached to an aromatic ring is 1. The first-order chi connectivity index (χ1) is 9.61. The summed E-state index contributed by atoms with van der Waals surface area (Å²) in [6, 6.07) is 12.4. The molecule has 0 saturated heterocycles. The maximum absolute atomic E-state index is 6.16. The molecule has 0 unspecified atom stereocenters. The Labute approximate surface area is 145 Å². The van der Waals surface area contributed by atoms with Crippen LogP contribution in [0.15, 0.2) is 43.0 Å². The molecule has 0 radical (unpaired) electrons. The zero-order chi connectivity index (χ0) is 14.3. The van der Waals surface area contributed by atoms with E-state index in [1.54, 1.807) is 11.3 Å². The Morgan fingerprint density at radius 3 is 2.57 bits per heavy atom. The van der Waals surface area contributed by atoms with Crippen LogP contribution >= 0.6 is 11.3 Å². The fourth-order valence-corrected chi connectivity index (χ4v) is 3.71. The van der Waals surface area contributed by atoms with Crippen molar-refractivity contribution in [2.24, 2.45) is 7.05 Å². The number of nitrogens with two attached hydrogens (primary N) is 1. The van der Waals surface area contributed by atoms with Gasteiger partial charge in [0.25, 0.3) is 5.01 Å². The molecule has 0 atom stereocenters. The van der Waals surface area contributed by atoms with Gasteiger partial charge in [0.2, 0.25) is 5.52 Å². The van der Waals surface area contributed by atoms with Crippen LogP contribution in [0.1, 0.15) is 10.6 Å². The lowest BCUT2D eigenvalue weighted by Crippen LogP contribution is -3.00. The third-order valence-corrected chi connectivity index (χ3v) is 4.71. The highest BCUT2D eigenvalue weighted by molar-refractivity contribution is 7.18. The molecule has 108 valence electrons. The number of para-hydroxylation sites is 1. The zero-order valence-corrected chi connectivity index (χ0v) is 15.0. The topological polar surface area (TPSA) is 29.9 Å². The molecular formula is C17H17IN2S. The lowest BCUT2D eigenvalue weighted by atomic mass is 10.0. The van der Waals surface area contributed by atoms with Crippen molar-refractivity contribution in [1.29, 1.82) is 0 Å². The Hall–Kier alpha value is -1.40. The molecule has 4 heteroatoms. The highest BCUT2D eigenvalue weighted by Gasteiger charge is 2.20. The maximum atomic E-state index is 6.16. The first-order valence-corrected chi connectivity index (χ1v) is 7.34. The predicted octanol–water partition coefficient (Wildman–Crippen LogP) is 0.930. The van der Waals surface area contributed by atoms with Gasteiger partial charge in [-0.3, -0.25) is 0 Å². The van der Waals surface area contributed by atoms with Gasteiger partial charge in [-0.25, -0.2) is 0 Å². The smallest absolute Gasteiger partial charge is 0.261 e. The van der Waals surface area contributed by atoms with Crippen molar-refractivity contribution in [2.75, 3.05) is 5.73 Å². The summed E-state index contributed by atoms with van der Waals surface area (Å²) < 4.78 is 3.45. The second-order valence-electron chi connectivity index (χ2n) is 4.95. The molecule has 0 saturated carbocycles. The lowest BCUT2D eigenvalue weighted by molar-refractivity contribution is -0.641. The summed E-state index contributed by atoms with van der Waals surface area (Å²) in [5.41, 5.74) is 11.7. The number of aryl methyl sites for hydroxylation is 2. The van der Waals surface area contributed by atoms with Crippen molar-refractivity contribution in [2.45, 2.75) is 6.92 Å². The van der Waals surface area contributed by atoms with Crippen molar-refractivity contribution in [3.05, 3.63) is 53.5 Å². The highest BCUT2D eigenvalue weighted by atomic mass is 127. The van der Waals surface area contributed by atoms with Gasteiger partial charge in [-0.2, -0.15) is 4.57 Å². The first kappa shape index (κ1) is 16.0. The molecule has 1 heterocycles. The molecule has 2 N–H and O–H groups in total. The van der Waals surface area contributed by atoms with Gasteiger partial charge in [0.1, 0.15) is 11.7 Å². The SMILES string of the molecule is C=Cc1sc2cc(C)cc(-c3ccccc3N)c2[n+]1C.[I-]. The number of hydrogen-bond donors (Lipinski definition) is 1. The van der Waals surface area contributed by atoms with E-state index in [0.717, 1.165) is 16.3 Å². The van der Waals surface area contributed by atoms with Crippen molar-refractivity contribution < 1.29 is 28.5 Å². The Balaban J connectivity index is 0.00000161. The van der Waals surface area contributed by atoms with E-state index in [2.05, 4.69) is 43.3 Å². The van der Waals surface area contributed by atoms with Crippen molar-refractivity contribution in [1.82, 2.24) is 0 Å². The summed E-state index contributed by atoms with van der Waals surface area (Å²) in [6.45, 7) is 6.01. The highest BCUT2D eigenvalue weighted by Crippen LogP contribution is 2.34. The molecule has 0 spiro atoms. The number of fused-ring (bicyclic) bond motifs is 1. The lowest BCUT2D eigenvalue weighted by Gasteiger charge is -2.06. The monoisotopic (exact) mass is 408 g/mol. The Morgan fingerprint density at radius 1 is 1.19 bits per heavy atom. The van der Waals surface area contributed by atoms with Gasteiger partial charge in [-0.15, -0.1) is 0 Å². The molecule has 0 aliphatic carbocycles. The molecule has 2 nitrogen and oxygen atoms in total. The van der Waals surface area contributed by atoms with E-state index >= 15 is 0 Å². The van der Waals surface area contributed by atoms with Crippen LogP contribution in [0.4, 0.5) is 5.69 Å². The summed E-state index contributed by atoms with van der Waals surface area (Å²) in [7, 11) is 2.08. The molecule has 0 aliphatic rings. The van der Waals surface area contributed by atoms with Gasteiger partial charge >= 0.3 is 0 Å². The molecule has 3 rings (SSSR count). The summed E-state index contributed by atoms with van der Waals surface area (Å²) >= 11 is 1.76. The van der Waals surface area contributed by atoms with Crippen LogP contribution in [0, 0.1) is 6.92 Å². The van der Waals surface area contributed by atoms with Crippen LogP contribution < -0.4 is 34.3 Å². The van der Waals surface area contributed by atoms with E-state index in [9.17, 15) is 0 Å². The van der Waals surface area contributed by atoms with E-state index < -0.39 is 0 Å². The third-order valence-electron chi connectivity index (χ3n) is 3.53. The largest absolute Gasteiger partial charge is 1.00 e. The van der Waals surface area contributed by atoms with Crippen LogP contribution in [0.5, 0.6) is 0 Å². The van der Waals surface area contributed by atoms with Crippen molar-refractivity contribution >= 4 is 33.3 Å². The average Bonchev–Trinajstić information content (AvgIpc) is 2.75. The zero-order valence-electron chi connectivity index (χ0n) is 12.1. The van der Waals surface area contributed by atoms with Crippen LogP contribution in [-0.4, -0.2) is 0 Å². The molecule has 0 bridgehead atoms. The minimum Gasteiger partial charge on any atom is -1.00 e. The van der Waals surface area contributed by atoms with Crippen LogP contribution in [0.3, 0.4) is 0 Å². The summed E-state index contributed by atoms with van der Waals surface area (Å²) in [5, 5.41) is 1.15. The standard InChI is InChI=1S/C17H17N2S.HI/c1-4-16-19(3)17-13(9-11(2)10-15(17)20-16)12-7-5-6-8-14(12)18;/h4-10H,1,18H2,2-3H3;1H/q+1;/p-1. The maximum Gasteiger partial charge on any atom is 0.261 e. The predicted molar refractivity (Wildman–Crippen MR) is 87.7 cm³/mol. The summed E-state index contributed by atoms with van der Waals surface area (Å²) in [4.78, 5) is 0. The summed E-state index contributed by atoms with van der Waals surface area (Å²) in [5.74, 6) is 0. The van der Waals surface area contributed by atoms with Crippen LogP contribution in [0.2, 0.25) is 0 Å². The average molecular weight is 408 g/mol. The van der Waals surface area contributed by atoms with Crippen LogP contribution in [-0.2, 0) is 7.05 Å². The van der Waals surface area contributed by atoms with Gasteiger partial charge in [0.15, 0.2) is 0 Å². The number of rotatable bonds is 2. The Kier molecular flexibility index (Phi) is 4.68. The minimum absolute atomic E-state index is 0. The molecule has 0 amide bonds. The number of aromatic nitrogens is 1. The quantitative estimate of drug-likeness (QED) is 0.382. The van der Waals surface area contributed by atoms with Gasteiger partial charge in [-0.1, -0.05) is 36.1 Å². The number of halogens is 1. The van der Waals surface area contributed by atoms with Gasteiger partial charge in [-0.05, 0) is 30.7 Å². The number of thiazole rings is 1. The third kappa shape index (κ3) is 2.70. The number of nitrogens with zero attached hydrogens (tertiary/aromatic N) is 1. The Morgan fingerprint density at radius 2 is 1.90 bits per heavy atom. The van der Waals surface area contributed by atoms with Gasteiger partial charge < -0.3 is 29.7 Å². The Bertz CT molecular complexity index is 821. The van der Waals surface area contributed by atoms with E-state index in [1.807, 2.05) is 24.3 Å². The second kappa shape index (κ2) is 6.15. The first-order valence-electron chi connectivity index (χ1n) is 6.52. The molecule has 1 aromatic heterocycles. The molecule has 21 heavy (non-hydrogen) atoms. The molecule has 0 fully saturated rings. The molecule has 0 aliphatic heterocycles. The van der Waals surface area contributed by atoms with Crippen molar-refractivity contribution in [3.63, 3.8) is 0 Å². The fourth-order valence-electron chi connectivity index (χ4n) is 2.59. The van der Waals surface area contributed by atoms with E-state index in [0.29, 0.717) is 0 Å². The molecule has 2 aromatic carbocycles. The molecule has 3 aromatic rings. The van der Waals surface area contributed by atoms with Crippen molar-refractivity contribution in [3.8, 4) is 11.1 Å². The van der Waals surface area contributed by atoms with E-state index in [1.165, 1.54) is 21.3 Å². The summed E-state index contributed by atoms with van der Waals surface area (Å²) in [6.07, 6.45) is 1.90. The normalized spacial score (nSPS) is 10.4. The van der Waals surface area contributed by atoms with E-state index in [4.69, 9.17) is 5.73 Å². The number of benzene rings is 2. The van der Waals surface area contributed by atoms with E-state index in [-0.39, 0.29) is 24.0 Å². The van der Waals surface area contributed by atoms with Gasteiger partial charge in [0.05, 0.1) is 5.56 Å². The minimum atomic E-state index is 0. The fraction of sp³-hybridized carbons (Fsp3) is 0.118. The van der Waals surface area contributed by atoms with Gasteiger partial charge in [0, 0.05) is 17.3 Å². The van der Waals surface area contributed by atoms with Crippen LogP contribution in [0.25, 0.3) is 27.4 Å². The molecular weight excluding hydrogens is 391 g/mol. The number of hydrogen-bond acceptors (Lipinski definition) is 2. The second-order valence-corrected chi connectivity index (χ2v) is 6.01. The number of anilines is 1.